The van der Waals surface area contributed by atoms with Gasteiger partial charge in [-0.2, -0.15) is 0 Å². The molecule has 0 aliphatic rings. The van der Waals surface area contributed by atoms with Crippen molar-refractivity contribution in [2.45, 2.75) is 26.3 Å². The van der Waals surface area contributed by atoms with Gasteiger partial charge in [-0.15, -0.1) is 0 Å². The predicted molar refractivity (Wildman–Crippen MR) is 64.6 cm³/mol. The van der Waals surface area contributed by atoms with Gasteiger partial charge in [0.1, 0.15) is 12.0 Å². The standard InChI is InChI=1S/C12H22N2O2/c1-10-11(8-14(2)3)16-9-12(10)15-7-5-4-6-13/h9H,4-8,13H2,1-3H3. The first-order chi connectivity index (χ1) is 7.65. The van der Waals surface area contributed by atoms with Crippen molar-refractivity contribution in [1.29, 1.82) is 0 Å². The van der Waals surface area contributed by atoms with Crippen molar-refractivity contribution in [3.63, 3.8) is 0 Å². The van der Waals surface area contributed by atoms with Crippen molar-refractivity contribution < 1.29 is 9.15 Å². The van der Waals surface area contributed by atoms with E-state index in [4.69, 9.17) is 14.9 Å². The normalized spacial score (nSPS) is 11.1. The second-order valence-electron chi connectivity index (χ2n) is 4.23. The summed E-state index contributed by atoms with van der Waals surface area (Å²) in [6, 6.07) is 0. The van der Waals surface area contributed by atoms with Crippen LogP contribution in [0.1, 0.15) is 24.2 Å². The zero-order valence-electron chi connectivity index (χ0n) is 10.5. The first-order valence-electron chi connectivity index (χ1n) is 5.69. The largest absolute Gasteiger partial charge is 0.490 e. The summed E-state index contributed by atoms with van der Waals surface area (Å²) in [4.78, 5) is 2.07. The Kier molecular flexibility index (Phi) is 5.35. The molecule has 4 heteroatoms. The van der Waals surface area contributed by atoms with Crippen LogP contribution in [0.15, 0.2) is 10.7 Å². The molecule has 0 aromatic carbocycles. The maximum absolute atomic E-state index is 5.63. The van der Waals surface area contributed by atoms with E-state index in [9.17, 15) is 0 Å². The Hall–Kier alpha value is -1.00. The highest BCUT2D eigenvalue weighted by molar-refractivity contribution is 5.32. The average molecular weight is 226 g/mol. The maximum atomic E-state index is 5.63. The van der Waals surface area contributed by atoms with Gasteiger partial charge in [0.15, 0.2) is 5.75 Å². The molecule has 1 rings (SSSR count). The van der Waals surface area contributed by atoms with E-state index in [1.54, 1.807) is 6.26 Å². The fourth-order valence-electron chi connectivity index (χ4n) is 1.45. The van der Waals surface area contributed by atoms with E-state index >= 15 is 0 Å². The van der Waals surface area contributed by atoms with E-state index in [-0.39, 0.29) is 0 Å². The SMILES string of the molecule is Cc1c(OCCCCN)coc1CN(C)C. The molecule has 16 heavy (non-hydrogen) atoms. The first-order valence-corrected chi connectivity index (χ1v) is 5.69. The van der Waals surface area contributed by atoms with Crippen LogP contribution in [0.2, 0.25) is 0 Å². The molecule has 1 aromatic rings. The average Bonchev–Trinajstić information content (AvgIpc) is 2.56. The number of hydrogen-bond acceptors (Lipinski definition) is 4. The third kappa shape index (κ3) is 3.87. The van der Waals surface area contributed by atoms with Gasteiger partial charge in [0, 0.05) is 5.56 Å². The van der Waals surface area contributed by atoms with Gasteiger partial charge in [0.2, 0.25) is 0 Å². The van der Waals surface area contributed by atoms with Gasteiger partial charge in [-0.25, -0.2) is 0 Å². The molecule has 1 aromatic heterocycles. The Morgan fingerprint density at radius 3 is 2.75 bits per heavy atom. The molecule has 2 N–H and O–H groups in total. The van der Waals surface area contributed by atoms with Crippen LogP contribution >= 0.6 is 0 Å². The van der Waals surface area contributed by atoms with Crippen molar-refractivity contribution >= 4 is 0 Å². The number of nitrogens with two attached hydrogens (primary N) is 1. The number of hydrogen-bond donors (Lipinski definition) is 1. The van der Waals surface area contributed by atoms with Gasteiger partial charge >= 0.3 is 0 Å². The Bertz CT molecular complexity index is 308. The van der Waals surface area contributed by atoms with E-state index in [0.717, 1.165) is 43.0 Å². The molecule has 0 radical (unpaired) electrons. The van der Waals surface area contributed by atoms with Crippen molar-refractivity contribution in [1.82, 2.24) is 4.90 Å². The van der Waals surface area contributed by atoms with Crippen LogP contribution in [-0.4, -0.2) is 32.1 Å². The first kappa shape index (κ1) is 13.1. The smallest absolute Gasteiger partial charge is 0.160 e. The fraction of sp³-hybridized carbons (Fsp3) is 0.667. The quantitative estimate of drug-likeness (QED) is 0.720. The zero-order chi connectivity index (χ0) is 12.0. The predicted octanol–water partition coefficient (Wildman–Crippen LogP) is 1.77. The van der Waals surface area contributed by atoms with E-state index in [1.807, 2.05) is 21.0 Å². The third-order valence-electron chi connectivity index (χ3n) is 2.41. The summed E-state index contributed by atoms with van der Waals surface area (Å²) in [5, 5.41) is 0. The number of unbranched alkanes of at least 4 members (excludes halogenated alkanes) is 1. The number of furan rings is 1. The topological polar surface area (TPSA) is 51.6 Å². The fourth-order valence-corrected chi connectivity index (χ4v) is 1.45. The summed E-state index contributed by atoms with van der Waals surface area (Å²) in [6.07, 6.45) is 3.68. The van der Waals surface area contributed by atoms with Gasteiger partial charge in [-0.05, 0) is 40.4 Å². The summed E-state index contributed by atoms with van der Waals surface area (Å²) < 4.78 is 11.1. The van der Waals surface area contributed by atoms with E-state index in [1.165, 1.54) is 0 Å². The second kappa shape index (κ2) is 6.55. The summed E-state index contributed by atoms with van der Waals surface area (Å²) in [7, 11) is 4.04. The lowest BCUT2D eigenvalue weighted by atomic mass is 10.2. The molecule has 0 fully saturated rings. The Labute approximate surface area is 97.4 Å². The van der Waals surface area contributed by atoms with Crippen molar-refractivity contribution in [3.8, 4) is 5.75 Å². The maximum Gasteiger partial charge on any atom is 0.160 e. The van der Waals surface area contributed by atoms with Crippen LogP contribution in [0.5, 0.6) is 5.75 Å². The molecule has 0 bridgehead atoms. The van der Waals surface area contributed by atoms with Crippen LogP contribution in [0.3, 0.4) is 0 Å². The van der Waals surface area contributed by atoms with Crippen molar-refractivity contribution in [2.75, 3.05) is 27.2 Å². The number of rotatable bonds is 7. The number of ether oxygens (including phenoxy) is 1. The molecule has 1 heterocycles. The Balaban J connectivity index is 2.45. The molecule has 0 aliphatic heterocycles. The molecule has 4 nitrogen and oxygen atoms in total. The highest BCUT2D eigenvalue weighted by Gasteiger charge is 2.10. The molecule has 0 saturated heterocycles. The van der Waals surface area contributed by atoms with Gasteiger partial charge in [-0.3, -0.25) is 0 Å². The molecular weight excluding hydrogens is 204 g/mol. The molecule has 0 amide bonds. The Morgan fingerprint density at radius 1 is 1.38 bits per heavy atom. The van der Waals surface area contributed by atoms with Crippen LogP contribution < -0.4 is 10.5 Å². The summed E-state index contributed by atoms with van der Waals surface area (Å²) in [5.74, 6) is 1.83. The van der Waals surface area contributed by atoms with Crippen LogP contribution in [0.25, 0.3) is 0 Å². The van der Waals surface area contributed by atoms with Gasteiger partial charge in [0.25, 0.3) is 0 Å². The van der Waals surface area contributed by atoms with Crippen LogP contribution in [-0.2, 0) is 6.54 Å². The third-order valence-corrected chi connectivity index (χ3v) is 2.41. The van der Waals surface area contributed by atoms with Gasteiger partial charge in [-0.1, -0.05) is 0 Å². The minimum absolute atomic E-state index is 0.707. The van der Waals surface area contributed by atoms with Crippen LogP contribution in [0.4, 0.5) is 0 Å². The zero-order valence-corrected chi connectivity index (χ0v) is 10.5. The lowest BCUT2D eigenvalue weighted by Crippen LogP contribution is -2.10. The minimum atomic E-state index is 0.707. The van der Waals surface area contributed by atoms with E-state index < -0.39 is 0 Å². The minimum Gasteiger partial charge on any atom is -0.490 e. The van der Waals surface area contributed by atoms with E-state index in [2.05, 4.69) is 4.90 Å². The van der Waals surface area contributed by atoms with Crippen LogP contribution in [0, 0.1) is 6.92 Å². The monoisotopic (exact) mass is 226 g/mol. The van der Waals surface area contributed by atoms with Crippen molar-refractivity contribution in [3.05, 3.63) is 17.6 Å². The summed E-state index contributed by atoms with van der Waals surface area (Å²) >= 11 is 0. The van der Waals surface area contributed by atoms with E-state index in [0.29, 0.717) is 6.61 Å². The van der Waals surface area contributed by atoms with Gasteiger partial charge < -0.3 is 19.8 Å². The highest BCUT2D eigenvalue weighted by atomic mass is 16.5. The summed E-state index contributed by atoms with van der Waals surface area (Å²) in [6.45, 7) is 4.26. The highest BCUT2D eigenvalue weighted by Crippen LogP contribution is 2.24. The number of nitrogens with zero attached hydrogens (tertiary/aromatic N) is 1. The Morgan fingerprint density at radius 2 is 2.12 bits per heavy atom. The molecule has 92 valence electrons. The van der Waals surface area contributed by atoms with Gasteiger partial charge in [0.05, 0.1) is 13.2 Å². The lowest BCUT2D eigenvalue weighted by Gasteiger charge is -2.08. The van der Waals surface area contributed by atoms with Crippen molar-refractivity contribution in [2.24, 2.45) is 5.73 Å². The summed E-state index contributed by atoms with van der Waals surface area (Å²) in [5.41, 5.74) is 6.52. The molecule has 0 atom stereocenters. The molecule has 0 saturated carbocycles. The molecule has 0 unspecified atom stereocenters. The molecule has 0 aliphatic carbocycles. The lowest BCUT2D eigenvalue weighted by molar-refractivity contribution is 0.302. The molecule has 0 spiro atoms. The second-order valence-corrected chi connectivity index (χ2v) is 4.23. The molecular formula is C12H22N2O2.